The molecule has 9 nitrogen and oxygen atoms in total. The van der Waals surface area contributed by atoms with Crippen molar-refractivity contribution in [1.82, 2.24) is 16.0 Å². The molecule has 0 spiro atoms. The third-order valence-corrected chi connectivity index (χ3v) is 11.0. The Morgan fingerprint density at radius 3 is 2.02 bits per heavy atom. The molecule has 3 aliphatic heterocycles. The van der Waals surface area contributed by atoms with Gasteiger partial charge in [0, 0.05) is 17.8 Å². The van der Waals surface area contributed by atoms with Crippen molar-refractivity contribution in [2.75, 3.05) is 6.61 Å². The lowest BCUT2D eigenvalue weighted by molar-refractivity contribution is -0.191. The van der Waals surface area contributed by atoms with E-state index in [0.29, 0.717) is 21.2 Å². The van der Waals surface area contributed by atoms with Crippen LogP contribution in [-0.4, -0.2) is 44.4 Å². The van der Waals surface area contributed by atoms with Crippen LogP contribution in [0.3, 0.4) is 0 Å². The number of ether oxygens (including phenoxy) is 1. The highest BCUT2D eigenvalue weighted by molar-refractivity contribution is 8.26. The average molecular weight is 710 g/mol. The first-order chi connectivity index (χ1) is 22.0. The van der Waals surface area contributed by atoms with Crippen LogP contribution in [0.15, 0.2) is 33.5 Å². The van der Waals surface area contributed by atoms with Gasteiger partial charge in [0.05, 0.1) is 22.3 Å². The molecule has 254 valence electrons. The van der Waals surface area contributed by atoms with Crippen LogP contribution in [-0.2, 0) is 28.7 Å². The van der Waals surface area contributed by atoms with Gasteiger partial charge < -0.3 is 20.7 Å². The van der Waals surface area contributed by atoms with E-state index in [1.165, 1.54) is 99.0 Å². The number of esters is 1. The minimum atomic E-state index is -0.194. The highest BCUT2D eigenvalue weighted by Crippen LogP contribution is 2.33. The van der Waals surface area contributed by atoms with Gasteiger partial charge in [-0.2, -0.15) is 9.59 Å². The normalized spacial score (nSPS) is 22.7. The van der Waals surface area contributed by atoms with E-state index in [1.807, 2.05) is 20.8 Å². The number of carbonyl (C=O) groups excluding carboxylic acids is 5. The van der Waals surface area contributed by atoms with Crippen molar-refractivity contribution in [3.05, 3.63) is 33.5 Å². The number of hydrogen-bond acceptors (Lipinski definition) is 11. The minimum absolute atomic E-state index is 0.00873. The van der Waals surface area contributed by atoms with Gasteiger partial charge in [0.25, 0.3) is 5.91 Å². The van der Waals surface area contributed by atoms with Gasteiger partial charge in [-0.05, 0) is 63.9 Å². The summed E-state index contributed by atoms with van der Waals surface area (Å²) in [5.41, 5.74) is 4.13. The third kappa shape index (κ3) is 13.8. The summed E-state index contributed by atoms with van der Waals surface area (Å²) >= 11 is 12.8. The summed E-state index contributed by atoms with van der Waals surface area (Å²) in [6.45, 7) is 8.32. The van der Waals surface area contributed by atoms with Crippen LogP contribution in [0.25, 0.3) is 0 Å². The summed E-state index contributed by atoms with van der Waals surface area (Å²) in [6.07, 6.45) is 18.1. The summed E-state index contributed by atoms with van der Waals surface area (Å²) in [7, 11) is 0. The van der Waals surface area contributed by atoms with Crippen LogP contribution >= 0.6 is 48.0 Å². The molecule has 1 atom stereocenters. The molecule has 2 saturated carbocycles. The zero-order chi connectivity index (χ0) is 34.1. The number of thiocarbonyl (C=S) groups is 2. The Morgan fingerprint density at radius 1 is 0.913 bits per heavy atom. The predicted octanol–water partition coefficient (Wildman–Crippen LogP) is 6.99. The Balaban J connectivity index is 0.000000230. The maximum atomic E-state index is 11.6. The standard InChI is InChI=1S/C12H19NO2.C10H15NOS2.C10H13NOS2.CO2/c1-5-10-7-11(12(14)15-6-2)9(4)13-8(10)3;2*12-9-8(14-10(13)11-9)6-7-4-2-1-3-5-7;2-1-3/h13H,5-7H2,1-4H3;7-8H,1-6H2,(H,11,12,13);6-7H,1-5H2,(H,11,12,13);/b;;8-6+;. The molecule has 3 N–H and O–H groups in total. The summed E-state index contributed by atoms with van der Waals surface area (Å²) < 4.78 is 6.28. The van der Waals surface area contributed by atoms with E-state index < -0.39 is 0 Å². The Bertz CT molecular complexity index is 1240. The number of dihydropyridines is 1. The molecular formula is C33H47N3O6S4. The van der Waals surface area contributed by atoms with Crippen LogP contribution in [0.1, 0.15) is 111 Å². The van der Waals surface area contributed by atoms with Gasteiger partial charge in [0.1, 0.15) is 8.64 Å². The molecule has 0 aromatic rings. The highest BCUT2D eigenvalue weighted by atomic mass is 32.2. The molecular weight excluding hydrogens is 663 g/mol. The predicted molar refractivity (Wildman–Crippen MR) is 191 cm³/mol. The fourth-order valence-electron chi connectivity index (χ4n) is 5.98. The van der Waals surface area contributed by atoms with Crippen molar-refractivity contribution in [2.24, 2.45) is 11.8 Å². The van der Waals surface area contributed by atoms with Crippen molar-refractivity contribution in [3.8, 4) is 0 Å². The Labute approximate surface area is 292 Å². The van der Waals surface area contributed by atoms with Gasteiger partial charge in [-0.3, -0.25) is 9.59 Å². The molecule has 3 heterocycles. The molecule has 4 fully saturated rings. The zero-order valence-corrected chi connectivity index (χ0v) is 30.6. The molecule has 5 rings (SSSR count). The zero-order valence-electron chi connectivity index (χ0n) is 27.3. The van der Waals surface area contributed by atoms with E-state index in [-0.39, 0.29) is 29.2 Å². The SMILES string of the molecule is CCOC(=O)C1=C(C)NC(C)=C(CC)C1.O=C1NC(=S)S/C1=C/C1CCCCC1.O=C1NC(=S)SC1CC1CCCCC1.O=C=O. The lowest BCUT2D eigenvalue weighted by Crippen LogP contribution is -2.26. The van der Waals surface area contributed by atoms with E-state index in [2.05, 4.69) is 29.0 Å². The van der Waals surface area contributed by atoms with Crippen LogP contribution in [0, 0.1) is 11.8 Å². The van der Waals surface area contributed by atoms with Crippen molar-refractivity contribution >= 4 is 80.5 Å². The van der Waals surface area contributed by atoms with E-state index in [1.54, 1.807) is 0 Å². The molecule has 2 aliphatic carbocycles. The van der Waals surface area contributed by atoms with Crippen molar-refractivity contribution < 1.29 is 28.7 Å². The van der Waals surface area contributed by atoms with Crippen LogP contribution in [0.5, 0.6) is 0 Å². The number of carbonyl (C=O) groups is 3. The third-order valence-electron chi connectivity index (χ3n) is 8.41. The number of nitrogens with one attached hydrogen (secondary N) is 3. The summed E-state index contributed by atoms with van der Waals surface area (Å²) in [4.78, 5) is 51.5. The molecule has 2 saturated heterocycles. The Kier molecular flexibility index (Phi) is 18.7. The molecule has 13 heteroatoms. The van der Waals surface area contributed by atoms with Crippen molar-refractivity contribution in [2.45, 2.75) is 116 Å². The second-order valence-electron chi connectivity index (χ2n) is 11.7. The Hall–Kier alpha value is -2.31. The number of allylic oxidation sites excluding steroid dienone is 4. The van der Waals surface area contributed by atoms with E-state index in [4.69, 9.17) is 38.8 Å². The lowest BCUT2D eigenvalue weighted by Gasteiger charge is -2.22. The highest BCUT2D eigenvalue weighted by Gasteiger charge is 2.31. The fourth-order valence-corrected chi connectivity index (χ4v) is 8.49. The van der Waals surface area contributed by atoms with E-state index in [9.17, 15) is 14.4 Å². The molecule has 0 bridgehead atoms. The van der Waals surface area contributed by atoms with Crippen LogP contribution < -0.4 is 16.0 Å². The van der Waals surface area contributed by atoms with Crippen LogP contribution in [0.2, 0.25) is 0 Å². The first kappa shape index (κ1) is 39.9. The largest absolute Gasteiger partial charge is 0.463 e. The smallest absolute Gasteiger partial charge is 0.373 e. The first-order valence-corrected chi connectivity index (χ1v) is 18.6. The number of thioether (sulfide) groups is 2. The molecule has 1 unspecified atom stereocenters. The summed E-state index contributed by atoms with van der Waals surface area (Å²) in [5.74, 6) is 1.28. The Morgan fingerprint density at radius 2 is 1.52 bits per heavy atom. The number of amides is 2. The molecule has 0 radical (unpaired) electrons. The summed E-state index contributed by atoms with van der Waals surface area (Å²) in [5, 5.41) is 8.69. The molecule has 0 aromatic carbocycles. The second kappa shape index (κ2) is 21.5. The maximum Gasteiger partial charge on any atom is 0.373 e. The average Bonchev–Trinajstić information content (AvgIpc) is 3.52. The summed E-state index contributed by atoms with van der Waals surface area (Å²) in [6, 6.07) is 0. The van der Waals surface area contributed by atoms with Gasteiger partial charge in [-0.1, -0.05) is 112 Å². The second-order valence-corrected chi connectivity index (χ2v) is 15.3. The first-order valence-electron chi connectivity index (χ1n) is 16.1. The quantitative estimate of drug-likeness (QED) is 0.150. The van der Waals surface area contributed by atoms with Crippen molar-refractivity contribution in [1.29, 1.82) is 0 Å². The molecule has 5 aliphatic rings. The molecule has 2 amide bonds. The van der Waals surface area contributed by atoms with Gasteiger partial charge in [0.15, 0.2) is 0 Å². The van der Waals surface area contributed by atoms with Gasteiger partial charge in [-0.25, -0.2) is 4.79 Å². The van der Waals surface area contributed by atoms with Gasteiger partial charge in [0.2, 0.25) is 5.91 Å². The van der Waals surface area contributed by atoms with E-state index in [0.717, 1.165) is 41.4 Å². The maximum absolute atomic E-state index is 11.6. The lowest BCUT2D eigenvalue weighted by atomic mass is 9.86. The topological polar surface area (TPSA) is 131 Å². The molecule has 46 heavy (non-hydrogen) atoms. The number of hydrogen-bond donors (Lipinski definition) is 3. The van der Waals surface area contributed by atoms with Crippen molar-refractivity contribution in [3.63, 3.8) is 0 Å². The monoisotopic (exact) mass is 709 g/mol. The van der Waals surface area contributed by atoms with Gasteiger partial charge >= 0.3 is 12.1 Å². The fraction of sp³-hybridized carbons (Fsp3) is 0.636. The van der Waals surface area contributed by atoms with Gasteiger partial charge in [-0.15, -0.1) is 0 Å². The van der Waals surface area contributed by atoms with E-state index >= 15 is 0 Å². The van der Waals surface area contributed by atoms with Crippen LogP contribution in [0.4, 0.5) is 0 Å². The minimum Gasteiger partial charge on any atom is -0.463 e. The molecule has 0 aromatic heterocycles. The number of rotatable bonds is 6.